The Morgan fingerprint density at radius 3 is 2.78 bits per heavy atom. The Labute approximate surface area is 106 Å². The molecule has 0 fully saturated rings. The summed E-state index contributed by atoms with van der Waals surface area (Å²) < 4.78 is 0. The van der Waals surface area contributed by atoms with Crippen LogP contribution >= 0.6 is 0 Å². The number of hydrogen-bond donors (Lipinski definition) is 2. The Bertz CT molecular complexity index is 526. The van der Waals surface area contributed by atoms with Crippen LogP contribution in [0.15, 0.2) is 48.8 Å². The van der Waals surface area contributed by atoms with Crippen LogP contribution in [-0.4, -0.2) is 17.4 Å². The molecule has 2 aromatic rings. The molecule has 0 saturated heterocycles. The maximum absolute atomic E-state index is 11.5. The van der Waals surface area contributed by atoms with Crippen molar-refractivity contribution < 1.29 is 4.79 Å². The lowest BCUT2D eigenvalue weighted by molar-refractivity contribution is -0.116. The van der Waals surface area contributed by atoms with Crippen LogP contribution in [0.25, 0.3) is 11.1 Å². The Kier molecular flexibility index (Phi) is 4.04. The third-order valence-corrected chi connectivity index (χ3v) is 2.51. The summed E-state index contributed by atoms with van der Waals surface area (Å²) in [7, 11) is 0. The molecule has 0 aliphatic carbocycles. The first kappa shape index (κ1) is 12.3. The zero-order valence-electron chi connectivity index (χ0n) is 9.97. The highest BCUT2D eigenvalue weighted by Gasteiger charge is 2.02. The van der Waals surface area contributed by atoms with Gasteiger partial charge in [-0.1, -0.05) is 18.2 Å². The molecule has 1 heterocycles. The Morgan fingerprint density at radius 1 is 1.22 bits per heavy atom. The van der Waals surface area contributed by atoms with Crippen molar-refractivity contribution in [2.75, 3.05) is 11.9 Å². The lowest BCUT2D eigenvalue weighted by Crippen LogP contribution is -2.16. The molecular weight excluding hydrogens is 226 g/mol. The van der Waals surface area contributed by atoms with Gasteiger partial charge in [0.05, 0.1) is 0 Å². The summed E-state index contributed by atoms with van der Waals surface area (Å²) in [5, 5.41) is 2.81. The van der Waals surface area contributed by atoms with Gasteiger partial charge in [0.25, 0.3) is 0 Å². The number of aromatic nitrogens is 1. The minimum atomic E-state index is -0.0687. The van der Waals surface area contributed by atoms with Gasteiger partial charge in [-0.25, -0.2) is 0 Å². The summed E-state index contributed by atoms with van der Waals surface area (Å²) in [5.41, 5.74) is 8.15. The molecule has 0 atom stereocenters. The van der Waals surface area contributed by atoms with Gasteiger partial charge in [0.1, 0.15) is 0 Å². The molecular formula is C14H15N3O. The number of hydrogen-bond acceptors (Lipinski definition) is 3. The molecule has 0 aliphatic rings. The summed E-state index contributed by atoms with van der Waals surface area (Å²) in [6, 6.07) is 11.5. The second kappa shape index (κ2) is 5.93. The number of amides is 1. The minimum Gasteiger partial charge on any atom is -0.330 e. The molecule has 3 N–H and O–H groups in total. The summed E-state index contributed by atoms with van der Waals surface area (Å²) in [6.07, 6.45) is 3.86. The fraction of sp³-hybridized carbons (Fsp3) is 0.143. The van der Waals surface area contributed by atoms with E-state index in [1.165, 1.54) is 0 Å². The zero-order valence-corrected chi connectivity index (χ0v) is 9.97. The monoisotopic (exact) mass is 241 g/mol. The van der Waals surface area contributed by atoms with Crippen LogP contribution < -0.4 is 11.1 Å². The van der Waals surface area contributed by atoms with Crippen LogP contribution in [0.1, 0.15) is 6.42 Å². The van der Waals surface area contributed by atoms with Gasteiger partial charge in [0.2, 0.25) is 5.91 Å². The standard InChI is InChI=1S/C14H15N3O/c15-7-6-14(18)17-13-5-1-3-11(9-13)12-4-2-8-16-10-12/h1-5,8-10H,6-7,15H2,(H,17,18). The van der Waals surface area contributed by atoms with Crippen LogP contribution in [-0.2, 0) is 4.79 Å². The Morgan fingerprint density at radius 2 is 2.06 bits per heavy atom. The molecule has 0 radical (unpaired) electrons. The number of nitrogens with zero attached hydrogens (tertiary/aromatic N) is 1. The minimum absolute atomic E-state index is 0.0687. The smallest absolute Gasteiger partial charge is 0.225 e. The fourth-order valence-corrected chi connectivity index (χ4v) is 1.66. The second-order valence-corrected chi connectivity index (χ2v) is 3.91. The molecule has 1 amide bonds. The molecule has 0 bridgehead atoms. The van der Waals surface area contributed by atoms with Crippen LogP contribution in [0.3, 0.4) is 0 Å². The van der Waals surface area contributed by atoms with Crippen LogP contribution in [0.5, 0.6) is 0 Å². The molecule has 0 unspecified atom stereocenters. The van der Waals surface area contributed by atoms with E-state index in [1.807, 2.05) is 36.4 Å². The number of carbonyl (C=O) groups is 1. The van der Waals surface area contributed by atoms with Crippen LogP contribution in [0, 0.1) is 0 Å². The number of nitrogens with two attached hydrogens (primary N) is 1. The van der Waals surface area contributed by atoms with Crippen molar-refractivity contribution >= 4 is 11.6 Å². The normalized spacial score (nSPS) is 10.1. The van der Waals surface area contributed by atoms with Gasteiger partial charge in [0, 0.05) is 36.6 Å². The van der Waals surface area contributed by atoms with Gasteiger partial charge in [-0.3, -0.25) is 9.78 Å². The molecule has 4 heteroatoms. The summed E-state index contributed by atoms with van der Waals surface area (Å²) in [4.78, 5) is 15.5. The first-order chi connectivity index (χ1) is 8.79. The number of nitrogens with one attached hydrogen (secondary N) is 1. The lowest BCUT2D eigenvalue weighted by Gasteiger charge is -2.06. The predicted molar refractivity (Wildman–Crippen MR) is 72.0 cm³/mol. The van der Waals surface area contributed by atoms with Crippen molar-refractivity contribution in [3.63, 3.8) is 0 Å². The highest BCUT2D eigenvalue weighted by atomic mass is 16.1. The highest BCUT2D eigenvalue weighted by Crippen LogP contribution is 2.21. The van der Waals surface area contributed by atoms with Crippen molar-refractivity contribution in [2.24, 2.45) is 5.73 Å². The first-order valence-corrected chi connectivity index (χ1v) is 5.80. The first-order valence-electron chi connectivity index (χ1n) is 5.80. The topological polar surface area (TPSA) is 68.0 Å². The molecule has 4 nitrogen and oxygen atoms in total. The van der Waals surface area contributed by atoms with E-state index in [2.05, 4.69) is 10.3 Å². The SMILES string of the molecule is NCCC(=O)Nc1cccc(-c2cccnc2)c1. The highest BCUT2D eigenvalue weighted by molar-refractivity contribution is 5.91. The van der Waals surface area contributed by atoms with Gasteiger partial charge >= 0.3 is 0 Å². The van der Waals surface area contributed by atoms with Crippen molar-refractivity contribution in [1.82, 2.24) is 4.98 Å². The third kappa shape index (κ3) is 3.15. The molecule has 18 heavy (non-hydrogen) atoms. The molecule has 2 rings (SSSR count). The van der Waals surface area contributed by atoms with Gasteiger partial charge in [-0.15, -0.1) is 0 Å². The van der Waals surface area contributed by atoms with Crippen molar-refractivity contribution in [2.45, 2.75) is 6.42 Å². The number of carbonyl (C=O) groups excluding carboxylic acids is 1. The summed E-state index contributed by atoms with van der Waals surface area (Å²) in [6.45, 7) is 0.355. The molecule has 1 aromatic heterocycles. The predicted octanol–water partition coefficient (Wildman–Crippen LogP) is 2.04. The number of rotatable bonds is 4. The van der Waals surface area contributed by atoms with Crippen LogP contribution in [0.4, 0.5) is 5.69 Å². The van der Waals surface area contributed by atoms with E-state index < -0.39 is 0 Å². The van der Waals surface area contributed by atoms with E-state index >= 15 is 0 Å². The maximum atomic E-state index is 11.5. The number of pyridine rings is 1. The van der Waals surface area contributed by atoms with Crippen LogP contribution in [0.2, 0.25) is 0 Å². The van der Waals surface area contributed by atoms with Gasteiger partial charge in [0.15, 0.2) is 0 Å². The average molecular weight is 241 g/mol. The third-order valence-electron chi connectivity index (χ3n) is 2.51. The molecule has 0 aliphatic heterocycles. The molecule has 1 aromatic carbocycles. The van der Waals surface area contributed by atoms with E-state index in [4.69, 9.17) is 5.73 Å². The molecule has 92 valence electrons. The lowest BCUT2D eigenvalue weighted by atomic mass is 10.1. The number of anilines is 1. The van der Waals surface area contributed by atoms with E-state index in [1.54, 1.807) is 12.4 Å². The van der Waals surface area contributed by atoms with E-state index in [9.17, 15) is 4.79 Å². The Hall–Kier alpha value is -2.20. The van der Waals surface area contributed by atoms with Crippen molar-refractivity contribution in [3.8, 4) is 11.1 Å². The number of benzene rings is 1. The Balaban J connectivity index is 2.18. The quantitative estimate of drug-likeness (QED) is 0.860. The summed E-state index contributed by atoms with van der Waals surface area (Å²) >= 11 is 0. The summed E-state index contributed by atoms with van der Waals surface area (Å²) in [5.74, 6) is -0.0687. The van der Waals surface area contributed by atoms with Crippen molar-refractivity contribution in [3.05, 3.63) is 48.8 Å². The molecule has 0 saturated carbocycles. The van der Waals surface area contributed by atoms with E-state index in [-0.39, 0.29) is 5.91 Å². The fourth-order valence-electron chi connectivity index (χ4n) is 1.66. The van der Waals surface area contributed by atoms with E-state index in [0.717, 1.165) is 16.8 Å². The zero-order chi connectivity index (χ0) is 12.8. The van der Waals surface area contributed by atoms with Gasteiger partial charge in [-0.2, -0.15) is 0 Å². The van der Waals surface area contributed by atoms with Crippen molar-refractivity contribution in [1.29, 1.82) is 0 Å². The maximum Gasteiger partial charge on any atom is 0.225 e. The average Bonchev–Trinajstić information content (AvgIpc) is 2.40. The largest absolute Gasteiger partial charge is 0.330 e. The second-order valence-electron chi connectivity index (χ2n) is 3.91. The van der Waals surface area contributed by atoms with E-state index in [0.29, 0.717) is 13.0 Å². The van der Waals surface area contributed by atoms with Gasteiger partial charge < -0.3 is 11.1 Å². The molecule has 0 spiro atoms. The van der Waals surface area contributed by atoms with Gasteiger partial charge in [-0.05, 0) is 23.8 Å².